The number of nitrogens with zero attached hydrogens (tertiary/aromatic N) is 2. The topological polar surface area (TPSA) is 120 Å². The van der Waals surface area contributed by atoms with E-state index in [1.54, 1.807) is 41.5 Å². The van der Waals surface area contributed by atoms with Crippen molar-refractivity contribution in [2.24, 2.45) is 21.9 Å². The molecule has 1 rings (SSSR count). The molecule has 0 aromatic rings. The Balaban J connectivity index is 3.03. The predicted octanol–water partition coefficient (Wildman–Crippen LogP) is 3.38. The quantitative estimate of drug-likeness (QED) is 0.556. The van der Waals surface area contributed by atoms with E-state index in [0.717, 1.165) is 25.7 Å². The molecule has 156 valence electrons. The number of carbonyl (C=O) groups is 2. The highest BCUT2D eigenvalue weighted by Crippen LogP contribution is 2.36. The Kier molecular flexibility index (Phi) is 7.27. The summed E-state index contributed by atoms with van der Waals surface area (Å²) in [6.45, 7) is 12.9. The van der Waals surface area contributed by atoms with E-state index in [-0.39, 0.29) is 17.4 Å². The number of ether oxygens (including phenoxy) is 2. The maximum absolute atomic E-state index is 12.7. The van der Waals surface area contributed by atoms with Gasteiger partial charge in [-0.15, -0.1) is 4.99 Å². The van der Waals surface area contributed by atoms with Crippen molar-refractivity contribution in [1.82, 2.24) is 4.90 Å². The van der Waals surface area contributed by atoms with Crippen molar-refractivity contribution in [3.05, 3.63) is 0 Å². The third-order valence-corrected chi connectivity index (χ3v) is 4.27. The fraction of sp³-hybridized carbons (Fsp3) is 0.842. The number of hydrogen-bond donors (Lipinski definition) is 2. The highest BCUT2D eigenvalue weighted by atomic mass is 16.6. The molecule has 1 saturated carbocycles. The lowest BCUT2D eigenvalue weighted by molar-refractivity contribution is 0.0279. The Morgan fingerprint density at radius 3 is 2.00 bits per heavy atom. The van der Waals surface area contributed by atoms with E-state index >= 15 is 0 Å². The normalized spacial score (nSPS) is 24.3. The summed E-state index contributed by atoms with van der Waals surface area (Å²) in [7, 11) is 0. The van der Waals surface area contributed by atoms with Crippen LogP contribution in [-0.4, -0.2) is 46.8 Å². The maximum atomic E-state index is 12.7. The first kappa shape index (κ1) is 23.2. The number of hydrogen-bond acceptors (Lipinski definition) is 5. The minimum Gasteiger partial charge on any atom is -0.443 e. The molecule has 0 unspecified atom stereocenters. The summed E-state index contributed by atoms with van der Waals surface area (Å²) in [5.41, 5.74) is 10.4. The second kappa shape index (κ2) is 8.46. The molecule has 1 aliphatic carbocycles. The molecule has 2 amide bonds. The van der Waals surface area contributed by atoms with Crippen LogP contribution in [0.15, 0.2) is 4.99 Å². The zero-order valence-corrected chi connectivity index (χ0v) is 17.8. The molecular weight excluding hydrogens is 348 g/mol. The Morgan fingerprint density at radius 1 is 1.07 bits per heavy atom. The molecule has 0 atom stereocenters. The summed E-state index contributed by atoms with van der Waals surface area (Å²) < 4.78 is 10.6. The van der Waals surface area contributed by atoms with E-state index in [1.165, 1.54) is 4.90 Å². The molecule has 4 N–H and O–H groups in total. The average Bonchev–Trinajstić information content (AvgIpc) is 2.44. The van der Waals surface area contributed by atoms with Crippen LogP contribution in [0.2, 0.25) is 0 Å². The number of guanidine groups is 1. The second-order valence-corrected chi connectivity index (χ2v) is 9.66. The molecule has 27 heavy (non-hydrogen) atoms. The van der Waals surface area contributed by atoms with Gasteiger partial charge < -0.3 is 20.9 Å². The highest BCUT2D eigenvalue weighted by molar-refractivity contribution is 5.98. The van der Waals surface area contributed by atoms with Gasteiger partial charge in [-0.1, -0.05) is 6.92 Å². The first-order valence-corrected chi connectivity index (χ1v) is 9.43. The van der Waals surface area contributed by atoms with Gasteiger partial charge in [-0.2, -0.15) is 0 Å². The number of amides is 2. The van der Waals surface area contributed by atoms with Crippen molar-refractivity contribution in [3.63, 3.8) is 0 Å². The van der Waals surface area contributed by atoms with Crippen LogP contribution in [0.5, 0.6) is 0 Å². The van der Waals surface area contributed by atoms with Crippen LogP contribution >= 0.6 is 0 Å². The third-order valence-electron chi connectivity index (χ3n) is 4.27. The van der Waals surface area contributed by atoms with E-state index in [4.69, 9.17) is 20.9 Å². The maximum Gasteiger partial charge on any atom is 0.437 e. The second-order valence-electron chi connectivity index (χ2n) is 9.66. The van der Waals surface area contributed by atoms with Crippen molar-refractivity contribution in [3.8, 4) is 0 Å². The lowest BCUT2D eigenvalue weighted by Gasteiger charge is -2.39. The lowest BCUT2D eigenvalue weighted by atomic mass is 9.74. The third kappa shape index (κ3) is 8.60. The van der Waals surface area contributed by atoms with Gasteiger partial charge >= 0.3 is 12.2 Å². The van der Waals surface area contributed by atoms with Crippen LogP contribution in [-0.2, 0) is 9.47 Å². The van der Waals surface area contributed by atoms with Crippen molar-refractivity contribution >= 4 is 18.1 Å². The van der Waals surface area contributed by atoms with E-state index in [2.05, 4.69) is 11.9 Å². The highest BCUT2D eigenvalue weighted by Gasteiger charge is 2.36. The summed E-state index contributed by atoms with van der Waals surface area (Å²) in [4.78, 5) is 29.7. The monoisotopic (exact) mass is 384 g/mol. The summed E-state index contributed by atoms with van der Waals surface area (Å²) >= 11 is 0. The summed E-state index contributed by atoms with van der Waals surface area (Å²) in [5.74, 6) is -0.227. The summed E-state index contributed by atoms with van der Waals surface area (Å²) in [6, 6.07) is 0.181. The molecule has 0 spiro atoms. The molecule has 0 saturated heterocycles. The molecule has 0 radical (unpaired) electrons. The Morgan fingerprint density at radius 2 is 1.56 bits per heavy atom. The van der Waals surface area contributed by atoms with Crippen LogP contribution in [0.3, 0.4) is 0 Å². The fourth-order valence-electron chi connectivity index (χ4n) is 2.87. The van der Waals surface area contributed by atoms with Gasteiger partial charge in [0.2, 0.25) is 5.96 Å². The average molecular weight is 385 g/mol. The van der Waals surface area contributed by atoms with E-state index < -0.39 is 23.4 Å². The van der Waals surface area contributed by atoms with Gasteiger partial charge in [0.15, 0.2) is 0 Å². The predicted molar refractivity (Wildman–Crippen MR) is 105 cm³/mol. The van der Waals surface area contributed by atoms with Gasteiger partial charge in [0.05, 0.1) is 0 Å². The van der Waals surface area contributed by atoms with Crippen molar-refractivity contribution in [2.45, 2.75) is 91.4 Å². The minimum absolute atomic E-state index is 0.180. The van der Waals surface area contributed by atoms with Crippen LogP contribution in [0.4, 0.5) is 9.59 Å². The van der Waals surface area contributed by atoms with Crippen LogP contribution < -0.4 is 11.5 Å². The zero-order chi connectivity index (χ0) is 21.0. The molecule has 0 aromatic heterocycles. The Hall–Kier alpha value is -1.83. The molecular formula is C19H36N4O4. The summed E-state index contributed by atoms with van der Waals surface area (Å²) in [5, 5.41) is 0. The lowest BCUT2D eigenvalue weighted by Crippen LogP contribution is -2.50. The number of carbonyl (C=O) groups excluding carboxylic acids is 2. The van der Waals surface area contributed by atoms with E-state index in [0.29, 0.717) is 6.54 Å². The smallest absolute Gasteiger partial charge is 0.437 e. The first-order chi connectivity index (χ1) is 12.1. The van der Waals surface area contributed by atoms with Crippen LogP contribution in [0.1, 0.15) is 74.1 Å². The minimum atomic E-state index is -0.843. The van der Waals surface area contributed by atoms with Gasteiger partial charge in [-0.05, 0) is 72.6 Å². The van der Waals surface area contributed by atoms with Gasteiger partial charge in [0.25, 0.3) is 0 Å². The standard InChI is InChI=1S/C19H36N4O4/c1-17(2,3)26-15(24)22-14(21)23(16(25)27-18(4,5)6)12-19(7)10-8-13(20)9-11-19/h13H,8-12,20H2,1-7H3,(H2,21,22,24). The molecule has 8 heteroatoms. The largest absolute Gasteiger partial charge is 0.443 e. The Bertz CT molecular complexity index is 567. The van der Waals surface area contributed by atoms with E-state index in [1.807, 2.05) is 0 Å². The molecule has 0 heterocycles. The fourth-order valence-corrected chi connectivity index (χ4v) is 2.87. The van der Waals surface area contributed by atoms with Crippen molar-refractivity contribution in [1.29, 1.82) is 0 Å². The summed E-state index contributed by atoms with van der Waals surface area (Å²) in [6.07, 6.45) is 1.98. The van der Waals surface area contributed by atoms with Crippen molar-refractivity contribution < 1.29 is 19.1 Å². The van der Waals surface area contributed by atoms with Gasteiger partial charge in [-0.3, -0.25) is 0 Å². The molecule has 1 aliphatic rings. The molecule has 8 nitrogen and oxygen atoms in total. The van der Waals surface area contributed by atoms with Crippen LogP contribution in [0, 0.1) is 5.41 Å². The first-order valence-electron chi connectivity index (χ1n) is 9.43. The molecule has 0 aliphatic heterocycles. The molecule has 0 aromatic carbocycles. The van der Waals surface area contributed by atoms with Gasteiger partial charge in [0, 0.05) is 12.6 Å². The molecule has 1 fully saturated rings. The Labute approximate surface area is 162 Å². The van der Waals surface area contributed by atoms with Crippen molar-refractivity contribution in [2.75, 3.05) is 6.54 Å². The number of rotatable bonds is 2. The van der Waals surface area contributed by atoms with Gasteiger partial charge in [0.1, 0.15) is 11.2 Å². The van der Waals surface area contributed by atoms with Crippen LogP contribution in [0.25, 0.3) is 0 Å². The zero-order valence-electron chi connectivity index (χ0n) is 17.8. The van der Waals surface area contributed by atoms with Gasteiger partial charge in [-0.25, -0.2) is 14.5 Å². The van der Waals surface area contributed by atoms with E-state index in [9.17, 15) is 9.59 Å². The number of nitrogens with two attached hydrogens (primary N) is 2. The number of aliphatic imine (C=N–C) groups is 1. The SMILES string of the molecule is CC1(CN(C(=O)OC(C)(C)C)C(N)=NC(=O)OC(C)(C)C)CCC(N)CC1. The molecule has 0 bridgehead atoms.